The molecular formula is C26H36N2O7S. The van der Waals surface area contributed by atoms with Crippen LogP contribution >= 0.6 is 0 Å². The fraction of sp³-hybridized carbons (Fsp3) is 0.462. The first-order chi connectivity index (χ1) is 16.9. The van der Waals surface area contributed by atoms with Crippen molar-refractivity contribution >= 4 is 22.4 Å². The van der Waals surface area contributed by atoms with E-state index < -0.39 is 21.7 Å². The Morgan fingerprint density at radius 2 is 1.58 bits per heavy atom. The van der Waals surface area contributed by atoms with Gasteiger partial charge in [0, 0.05) is 19.5 Å². The molecule has 36 heavy (non-hydrogen) atoms. The number of carbonyl (C=O) groups excluding carboxylic acids is 2. The highest BCUT2D eigenvalue weighted by atomic mass is 32.2. The number of hydrogen-bond donors (Lipinski definition) is 1. The molecule has 0 saturated heterocycles. The molecule has 0 atom stereocenters. The maximum Gasteiger partial charge on any atom is 0.410 e. The monoisotopic (exact) mass is 520 g/mol. The second-order valence-corrected chi connectivity index (χ2v) is 10.8. The lowest BCUT2D eigenvalue weighted by atomic mass is 10.0. The lowest BCUT2D eigenvalue weighted by molar-refractivity contribution is -0.107. The number of nitrogens with zero attached hydrogens (tertiary/aromatic N) is 1. The summed E-state index contributed by atoms with van der Waals surface area (Å²) >= 11 is 0. The summed E-state index contributed by atoms with van der Waals surface area (Å²) < 4.78 is 40.3. The molecule has 0 aliphatic rings. The number of primary sulfonamides is 1. The van der Waals surface area contributed by atoms with Crippen molar-refractivity contribution in [2.24, 2.45) is 5.14 Å². The molecule has 2 rings (SSSR count). The second-order valence-electron chi connectivity index (χ2n) is 9.32. The van der Waals surface area contributed by atoms with Crippen LogP contribution in [-0.4, -0.2) is 58.6 Å². The Bertz CT molecular complexity index is 1160. The minimum Gasteiger partial charge on any atom is -0.496 e. The van der Waals surface area contributed by atoms with Gasteiger partial charge in [-0.25, -0.2) is 18.4 Å². The minimum atomic E-state index is -3.99. The summed E-state index contributed by atoms with van der Waals surface area (Å²) in [5.41, 5.74) is 1.60. The molecule has 2 N–H and O–H groups in total. The first-order valence-corrected chi connectivity index (χ1v) is 13.2. The average molecular weight is 521 g/mol. The number of sulfonamides is 1. The molecule has 0 bridgehead atoms. The van der Waals surface area contributed by atoms with Gasteiger partial charge in [0.05, 0.1) is 14.2 Å². The first-order valence-electron chi connectivity index (χ1n) is 11.7. The fourth-order valence-corrected chi connectivity index (χ4v) is 4.36. The topological polar surface area (TPSA) is 125 Å². The van der Waals surface area contributed by atoms with E-state index in [1.807, 2.05) is 32.9 Å². The van der Waals surface area contributed by atoms with E-state index in [0.29, 0.717) is 50.1 Å². The van der Waals surface area contributed by atoms with Crippen LogP contribution in [0.2, 0.25) is 0 Å². The van der Waals surface area contributed by atoms with Crippen LogP contribution in [0.4, 0.5) is 4.79 Å². The predicted octanol–water partition coefficient (Wildman–Crippen LogP) is 4.17. The van der Waals surface area contributed by atoms with Crippen LogP contribution in [0.1, 0.15) is 45.6 Å². The zero-order chi connectivity index (χ0) is 26.9. The summed E-state index contributed by atoms with van der Waals surface area (Å²) in [7, 11) is -1.04. The molecule has 0 radical (unpaired) electrons. The third-order valence-electron chi connectivity index (χ3n) is 5.39. The van der Waals surface area contributed by atoms with E-state index in [0.717, 1.165) is 17.4 Å². The molecule has 0 fully saturated rings. The van der Waals surface area contributed by atoms with Crippen molar-refractivity contribution in [3.63, 3.8) is 0 Å². The van der Waals surface area contributed by atoms with Crippen LogP contribution in [0, 0.1) is 0 Å². The van der Waals surface area contributed by atoms with Crippen LogP contribution in [0.15, 0.2) is 41.3 Å². The van der Waals surface area contributed by atoms with Gasteiger partial charge < -0.3 is 23.9 Å². The molecule has 0 unspecified atom stereocenters. The molecule has 0 aliphatic carbocycles. The molecular weight excluding hydrogens is 484 g/mol. The number of ether oxygens (including phenoxy) is 3. The highest BCUT2D eigenvalue weighted by Crippen LogP contribution is 2.32. The average Bonchev–Trinajstić information content (AvgIpc) is 2.81. The smallest absolute Gasteiger partial charge is 0.410 e. The summed E-state index contributed by atoms with van der Waals surface area (Å²) in [5, 5.41) is 5.37. The van der Waals surface area contributed by atoms with E-state index in [4.69, 9.17) is 19.3 Å². The zero-order valence-corrected chi connectivity index (χ0v) is 22.4. The van der Waals surface area contributed by atoms with Gasteiger partial charge in [0.25, 0.3) is 0 Å². The van der Waals surface area contributed by atoms with E-state index in [2.05, 4.69) is 0 Å². The quantitative estimate of drug-likeness (QED) is 0.329. The summed E-state index contributed by atoms with van der Waals surface area (Å²) in [6, 6.07) is 10.3. The number of hydrogen-bond acceptors (Lipinski definition) is 7. The summed E-state index contributed by atoms with van der Waals surface area (Å²) in [6.45, 7) is 6.27. The van der Waals surface area contributed by atoms with Gasteiger partial charge in [0.2, 0.25) is 10.0 Å². The van der Waals surface area contributed by atoms with Crippen molar-refractivity contribution in [3.05, 3.63) is 42.0 Å². The molecule has 10 heteroatoms. The van der Waals surface area contributed by atoms with Crippen LogP contribution in [0.25, 0.3) is 11.1 Å². The van der Waals surface area contributed by atoms with Crippen molar-refractivity contribution in [2.45, 2.75) is 57.0 Å². The fourth-order valence-electron chi connectivity index (χ4n) is 3.64. The van der Waals surface area contributed by atoms with Gasteiger partial charge in [-0.1, -0.05) is 12.1 Å². The number of carbonyl (C=O) groups is 2. The second kappa shape index (κ2) is 12.7. The third-order valence-corrected chi connectivity index (χ3v) is 6.32. The molecule has 0 saturated carbocycles. The van der Waals surface area contributed by atoms with Crippen molar-refractivity contribution in [1.82, 2.24) is 4.90 Å². The molecule has 0 spiro atoms. The highest BCUT2D eigenvalue weighted by molar-refractivity contribution is 7.89. The SMILES string of the molecule is COc1ccc(-c2ccc(OC)c(S(N)(=O)=O)c2)cc1CCN(CCCCC=O)C(=O)OC(C)(C)C. The summed E-state index contributed by atoms with van der Waals surface area (Å²) in [5.74, 6) is 0.807. The first kappa shape index (κ1) is 29.1. The Morgan fingerprint density at radius 1 is 0.972 bits per heavy atom. The van der Waals surface area contributed by atoms with Crippen molar-refractivity contribution in [1.29, 1.82) is 0 Å². The van der Waals surface area contributed by atoms with E-state index >= 15 is 0 Å². The molecule has 0 aromatic heterocycles. The number of benzene rings is 2. The van der Waals surface area contributed by atoms with E-state index in [9.17, 15) is 18.0 Å². The van der Waals surface area contributed by atoms with Gasteiger partial charge >= 0.3 is 6.09 Å². The largest absolute Gasteiger partial charge is 0.496 e. The van der Waals surface area contributed by atoms with Crippen LogP contribution in [0.3, 0.4) is 0 Å². The summed E-state index contributed by atoms with van der Waals surface area (Å²) in [6.07, 6.45) is 2.73. The molecule has 1 amide bonds. The number of amides is 1. The Labute approximate surface area is 213 Å². The Hall–Kier alpha value is -3.11. The predicted molar refractivity (Wildman–Crippen MR) is 138 cm³/mol. The van der Waals surface area contributed by atoms with Gasteiger partial charge in [-0.15, -0.1) is 0 Å². The van der Waals surface area contributed by atoms with E-state index in [-0.39, 0.29) is 10.6 Å². The summed E-state index contributed by atoms with van der Waals surface area (Å²) in [4.78, 5) is 25.0. The van der Waals surface area contributed by atoms with Gasteiger partial charge in [-0.3, -0.25) is 0 Å². The molecule has 2 aromatic rings. The molecule has 198 valence electrons. The molecule has 0 aliphatic heterocycles. The number of rotatable bonds is 12. The number of nitrogens with two attached hydrogens (primary N) is 1. The Morgan fingerprint density at radius 3 is 2.14 bits per heavy atom. The number of methoxy groups -OCH3 is 2. The number of unbranched alkanes of at least 4 members (excludes halogenated alkanes) is 2. The third kappa shape index (κ3) is 8.53. The lowest BCUT2D eigenvalue weighted by Crippen LogP contribution is -2.38. The Balaban J connectivity index is 2.33. The number of aldehydes is 1. The highest BCUT2D eigenvalue weighted by Gasteiger charge is 2.22. The van der Waals surface area contributed by atoms with Crippen molar-refractivity contribution < 1.29 is 32.2 Å². The van der Waals surface area contributed by atoms with Crippen LogP contribution in [-0.2, 0) is 26.0 Å². The normalized spacial score (nSPS) is 11.6. The van der Waals surface area contributed by atoms with Gasteiger partial charge in [-0.05, 0) is 81.0 Å². The van der Waals surface area contributed by atoms with E-state index in [1.54, 1.807) is 30.2 Å². The van der Waals surface area contributed by atoms with Gasteiger partial charge in [-0.2, -0.15) is 0 Å². The van der Waals surface area contributed by atoms with Crippen LogP contribution in [0.5, 0.6) is 11.5 Å². The molecule has 0 heterocycles. The standard InChI is InChI=1S/C26H36N2O7S/c1-26(2,3)35-25(30)28(14-7-6-8-16-29)15-13-21-17-19(9-11-22(21)33-4)20-10-12-23(34-5)24(18-20)36(27,31)32/h9-12,16-18H,6-8,13-15H2,1-5H3,(H2,27,31,32). The van der Waals surface area contributed by atoms with Crippen molar-refractivity contribution in [2.75, 3.05) is 27.3 Å². The van der Waals surface area contributed by atoms with Gasteiger partial charge in [0.15, 0.2) is 0 Å². The lowest BCUT2D eigenvalue weighted by Gasteiger charge is -2.27. The van der Waals surface area contributed by atoms with Crippen molar-refractivity contribution in [3.8, 4) is 22.6 Å². The zero-order valence-electron chi connectivity index (χ0n) is 21.6. The minimum absolute atomic E-state index is 0.105. The maximum absolute atomic E-state index is 12.8. The van der Waals surface area contributed by atoms with Crippen LogP contribution < -0.4 is 14.6 Å². The van der Waals surface area contributed by atoms with E-state index in [1.165, 1.54) is 13.2 Å². The molecule has 2 aromatic carbocycles. The van der Waals surface area contributed by atoms with Gasteiger partial charge in [0.1, 0.15) is 28.3 Å². The maximum atomic E-state index is 12.8. The Kier molecular flexibility index (Phi) is 10.3. The molecule has 9 nitrogen and oxygen atoms in total.